The van der Waals surface area contributed by atoms with Gasteiger partial charge < -0.3 is 15.5 Å². The number of likely N-dealkylation sites (tertiary alicyclic amines) is 1. The number of carbonyl (C=O) groups is 1. The van der Waals surface area contributed by atoms with Gasteiger partial charge in [0.05, 0.1) is 0 Å². The van der Waals surface area contributed by atoms with Crippen LogP contribution in [-0.2, 0) is 0 Å². The SMILES string of the molecule is C#Cc1cc(F)c(NC(=O)N2CC[C@H](Nc3ccccc3)C2)c(F)c1. The Morgan fingerprint density at radius 1 is 1.20 bits per heavy atom. The third kappa shape index (κ3) is 3.89. The van der Waals surface area contributed by atoms with Crippen molar-refractivity contribution in [2.24, 2.45) is 0 Å². The van der Waals surface area contributed by atoms with Crippen molar-refractivity contribution in [3.05, 3.63) is 59.7 Å². The van der Waals surface area contributed by atoms with Gasteiger partial charge in [-0.1, -0.05) is 24.1 Å². The van der Waals surface area contributed by atoms with E-state index in [1.165, 1.54) is 4.90 Å². The lowest BCUT2D eigenvalue weighted by molar-refractivity contribution is 0.222. The number of nitrogens with zero attached hydrogens (tertiary/aromatic N) is 1. The summed E-state index contributed by atoms with van der Waals surface area (Å²) in [7, 11) is 0. The lowest BCUT2D eigenvalue weighted by atomic mass is 10.2. The summed E-state index contributed by atoms with van der Waals surface area (Å²) in [4.78, 5) is 13.8. The molecule has 1 atom stereocenters. The molecule has 1 aliphatic rings. The van der Waals surface area contributed by atoms with Crippen molar-refractivity contribution < 1.29 is 13.6 Å². The molecule has 1 aliphatic heterocycles. The van der Waals surface area contributed by atoms with E-state index in [1.54, 1.807) is 0 Å². The molecule has 1 heterocycles. The zero-order valence-electron chi connectivity index (χ0n) is 13.4. The third-order valence-corrected chi connectivity index (χ3v) is 4.06. The molecule has 1 saturated heterocycles. The molecule has 2 aromatic carbocycles. The summed E-state index contributed by atoms with van der Waals surface area (Å²) in [5.41, 5.74) is 0.571. The van der Waals surface area contributed by atoms with Crippen molar-refractivity contribution in [3.8, 4) is 12.3 Å². The molecule has 2 N–H and O–H groups in total. The van der Waals surface area contributed by atoms with Crippen LogP contribution >= 0.6 is 0 Å². The van der Waals surface area contributed by atoms with Crippen molar-refractivity contribution in [3.63, 3.8) is 0 Å². The smallest absolute Gasteiger partial charge is 0.322 e. The Labute approximate surface area is 144 Å². The third-order valence-electron chi connectivity index (χ3n) is 4.06. The Morgan fingerprint density at radius 3 is 2.52 bits per heavy atom. The van der Waals surface area contributed by atoms with E-state index in [-0.39, 0.29) is 11.6 Å². The summed E-state index contributed by atoms with van der Waals surface area (Å²) in [6, 6.07) is 11.2. The fourth-order valence-electron chi connectivity index (χ4n) is 2.79. The standard InChI is InChI=1S/C19H17F2N3O/c1-2-13-10-16(20)18(17(21)11-13)23-19(25)24-9-8-15(12-24)22-14-6-4-3-5-7-14/h1,3-7,10-11,15,22H,8-9,12H2,(H,23,25)/t15-/m0/s1. The van der Waals surface area contributed by atoms with Gasteiger partial charge in [-0.3, -0.25) is 0 Å². The zero-order valence-corrected chi connectivity index (χ0v) is 13.4. The van der Waals surface area contributed by atoms with Gasteiger partial charge in [-0.25, -0.2) is 13.6 Å². The minimum Gasteiger partial charge on any atom is -0.380 e. The van der Waals surface area contributed by atoms with Gasteiger partial charge in [0, 0.05) is 30.4 Å². The van der Waals surface area contributed by atoms with Crippen molar-refractivity contribution in [1.82, 2.24) is 4.90 Å². The number of halogens is 2. The second-order valence-corrected chi connectivity index (χ2v) is 5.83. The van der Waals surface area contributed by atoms with Crippen LogP contribution in [0.3, 0.4) is 0 Å². The van der Waals surface area contributed by atoms with Gasteiger partial charge in [-0.15, -0.1) is 6.42 Å². The molecule has 4 nitrogen and oxygen atoms in total. The van der Waals surface area contributed by atoms with Gasteiger partial charge in [-0.2, -0.15) is 0 Å². The minimum atomic E-state index is -0.889. The highest BCUT2D eigenvalue weighted by Gasteiger charge is 2.27. The lowest BCUT2D eigenvalue weighted by Crippen LogP contribution is -2.35. The molecular formula is C19H17F2N3O. The highest BCUT2D eigenvalue weighted by molar-refractivity contribution is 5.90. The minimum absolute atomic E-state index is 0.0845. The number of hydrogen-bond donors (Lipinski definition) is 2. The number of terminal acetylenes is 1. The number of anilines is 2. The second kappa shape index (κ2) is 7.22. The van der Waals surface area contributed by atoms with E-state index in [0.29, 0.717) is 13.1 Å². The molecular weight excluding hydrogens is 324 g/mol. The van der Waals surface area contributed by atoms with Crippen LogP contribution in [0.4, 0.5) is 25.0 Å². The molecule has 6 heteroatoms. The first-order valence-electron chi connectivity index (χ1n) is 7.90. The molecule has 2 aromatic rings. The highest BCUT2D eigenvalue weighted by Crippen LogP contribution is 2.22. The number of benzene rings is 2. The molecule has 0 unspecified atom stereocenters. The van der Waals surface area contributed by atoms with Gasteiger partial charge in [0.15, 0.2) is 11.6 Å². The summed E-state index contributed by atoms with van der Waals surface area (Å²) in [6.45, 7) is 0.953. The van der Waals surface area contributed by atoms with Crippen molar-refractivity contribution >= 4 is 17.4 Å². The second-order valence-electron chi connectivity index (χ2n) is 5.83. The fourth-order valence-corrected chi connectivity index (χ4v) is 2.79. The first-order valence-corrected chi connectivity index (χ1v) is 7.90. The Kier molecular flexibility index (Phi) is 4.85. The maximum atomic E-state index is 13.9. The Morgan fingerprint density at radius 2 is 1.88 bits per heavy atom. The summed E-state index contributed by atoms with van der Waals surface area (Å²) < 4.78 is 27.9. The van der Waals surface area contributed by atoms with Crippen LogP contribution in [-0.4, -0.2) is 30.1 Å². The normalized spacial score (nSPS) is 16.4. The van der Waals surface area contributed by atoms with Crippen LogP contribution in [0.15, 0.2) is 42.5 Å². The molecule has 128 valence electrons. The van der Waals surface area contributed by atoms with Crippen LogP contribution < -0.4 is 10.6 Å². The molecule has 0 radical (unpaired) electrons. The van der Waals surface area contributed by atoms with E-state index in [4.69, 9.17) is 6.42 Å². The van der Waals surface area contributed by atoms with Crippen LogP contribution in [0.1, 0.15) is 12.0 Å². The molecule has 0 saturated carbocycles. The van der Waals surface area contributed by atoms with E-state index >= 15 is 0 Å². The summed E-state index contributed by atoms with van der Waals surface area (Å²) in [5.74, 6) is 0.383. The van der Waals surface area contributed by atoms with Crippen LogP contribution in [0, 0.1) is 24.0 Å². The number of amides is 2. The van der Waals surface area contributed by atoms with E-state index in [2.05, 4.69) is 16.6 Å². The largest absolute Gasteiger partial charge is 0.380 e. The quantitative estimate of drug-likeness (QED) is 0.837. The van der Waals surface area contributed by atoms with Gasteiger partial charge >= 0.3 is 6.03 Å². The number of hydrogen-bond acceptors (Lipinski definition) is 2. The number of rotatable bonds is 3. The van der Waals surface area contributed by atoms with E-state index in [9.17, 15) is 13.6 Å². The Bertz CT molecular complexity index is 794. The molecule has 0 aliphatic carbocycles. The van der Waals surface area contributed by atoms with E-state index in [1.807, 2.05) is 30.3 Å². The van der Waals surface area contributed by atoms with E-state index < -0.39 is 23.4 Å². The first-order chi connectivity index (χ1) is 12.1. The Balaban J connectivity index is 1.62. The topological polar surface area (TPSA) is 44.4 Å². The average Bonchev–Trinajstić information content (AvgIpc) is 3.07. The van der Waals surface area contributed by atoms with E-state index in [0.717, 1.165) is 24.2 Å². The predicted molar refractivity (Wildman–Crippen MR) is 93.4 cm³/mol. The maximum Gasteiger partial charge on any atom is 0.322 e. The van der Waals surface area contributed by atoms with Crippen molar-refractivity contribution in [1.29, 1.82) is 0 Å². The molecule has 1 fully saturated rings. The maximum absolute atomic E-state index is 13.9. The van der Waals surface area contributed by atoms with Crippen molar-refractivity contribution in [2.45, 2.75) is 12.5 Å². The van der Waals surface area contributed by atoms with Gasteiger partial charge in [0.1, 0.15) is 5.69 Å². The molecule has 3 rings (SSSR count). The molecule has 2 amide bonds. The fraction of sp³-hybridized carbons (Fsp3) is 0.211. The van der Waals surface area contributed by atoms with Gasteiger partial charge in [0.2, 0.25) is 0 Å². The first kappa shape index (κ1) is 16.8. The van der Waals surface area contributed by atoms with Gasteiger partial charge in [-0.05, 0) is 30.7 Å². The highest BCUT2D eigenvalue weighted by atomic mass is 19.1. The van der Waals surface area contributed by atoms with Crippen LogP contribution in [0.2, 0.25) is 0 Å². The van der Waals surface area contributed by atoms with Crippen LogP contribution in [0.25, 0.3) is 0 Å². The van der Waals surface area contributed by atoms with Crippen LogP contribution in [0.5, 0.6) is 0 Å². The molecule has 0 bridgehead atoms. The Hall–Kier alpha value is -3.07. The molecule has 25 heavy (non-hydrogen) atoms. The number of nitrogens with one attached hydrogen (secondary N) is 2. The predicted octanol–water partition coefficient (Wildman–Crippen LogP) is 3.66. The average molecular weight is 341 g/mol. The number of urea groups is 1. The summed E-state index contributed by atoms with van der Waals surface area (Å²) in [6.07, 6.45) is 5.88. The zero-order chi connectivity index (χ0) is 17.8. The van der Waals surface area contributed by atoms with Crippen molar-refractivity contribution in [2.75, 3.05) is 23.7 Å². The number of carbonyl (C=O) groups excluding carboxylic acids is 1. The lowest BCUT2D eigenvalue weighted by Gasteiger charge is -2.19. The molecule has 0 aromatic heterocycles. The number of para-hydroxylation sites is 1. The summed E-state index contributed by atoms with van der Waals surface area (Å²) in [5, 5.41) is 5.63. The van der Waals surface area contributed by atoms with Gasteiger partial charge in [0.25, 0.3) is 0 Å². The monoisotopic (exact) mass is 341 g/mol. The molecule has 0 spiro atoms. The summed E-state index contributed by atoms with van der Waals surface area (Å²) >= 11 is 0.